The maximum Gasteiger partial charge on any atom is 0.260 e. The summed E-state index contributed by atoms with van der Waals surface area (Å²) in [7, 11) is 0. The molecule has 0 radical (unpaired) electrons. The van der Waals surface area contributed by atoms with Crippen LogP contribution in [0.2, 0.25) is 0 Å². The minimum Gasteiger partial charge on any atom is -0.352 e. The topological polar surface area (TPSA) is 70.9 Å². The number of nitrogens with one attached hydrogen (secondary N) is 2. The summed E-state index contributed by atoms with van der Waals surface area (Å²) in [6.07, 6.45) is 2.95. The predicted octanol–water partition coefficient (Wildman–Crippen LogP) is 1.10. The van der Waals surface area contributed by atoms with Crippen molar-refractivity contribution in [3.05, 3.63) is 70.8 Å². The summed E-state index contributed by atoms with van der Waals surface area (Å²) in [5.74, 6) is -0.729. The quantitative estimate of drug-likeness (QED) is 0.677. The average molecular weight is 407 g/mol. The van der Waals surface area contributed by atoms with Gasteiger partial charge in [0.2, 0.25) is 11.8 Å². The van der Waals surface area contributed by atoms with E-state index in [1.165, 1.54) is 36.4 Å². The highest BCUT2D eigenvalue weighted by atomic mass is 16.2. The number of nitrogens with zero attached hydrogens (tertiary/aromatic N) is 1. The molecular formula is C24H28N3O3+. The van der Waals surface area contributed by atoms with Crippen molar-refractivity contribution in [1.82, 2.24) is 10.2 Å². The minimum absolute atomic E-state index is 0.107. The zero-order valence-corrected chi connectivity index (χ0v) is 17.2. The Kier molecular flexibility index (Phi) is 6.23. The van der Waals surface area contributed by atoms with Crippen LogP contribution < -0.4 is 10.2 Å². The SMILES string of the molecule is O=C(CCN1C(=O)Cc2ccccc2C1=O)NCc1ccc(C[NH+]2CCCC2)cc1. The van der Waals surface area contributed by atoms with Crippen molar-refractivity contribution < 1.29 is 19.3 Å². The number of carbonyl (C=O) groups is 3. The first-order valence-corrected chi connectivity index (χ1v) is 10.7. The summed E-state index contributed by atoms with van der Waals surface area (Å²) in [4.78, 5) is 39.9. The van der Waals surface area contributed by atoms with E-state index in [0.717, 1.165) is 17.7 Å². The molecule has 2 aromatic rings. The van der Waals surface area contributed by atoms with Crippen molar-refractivity contribution in [2.45, 2.75) is 38.8 Å². The van der Waals surface area contributed by atoms with Gasteiger partial charge in [-0.2, -0.15) is 0 Å². The van der Waals surface area contributed by atoms with E-state index in [1.54, 1.807) is 23.1 Å². The van der Waals surface area contributed by atoms with E-state index >= 15 is 0 Å². The van der Waals surface area contributed by atoms with E-state index in [4.69, 9.17) is 0 Å². The zero-order chi connectivity index (χ0) is 20.9. The van der Waals surface area contributed by atoms with Gasteiger partial charge in [0, 0.05) is 43.5 Å². The van der Waals surface area contributed by atoms with Gasteiger partial charge in [0.05, 0.1) is 19.5 Å². The van der Waals surface area contributed by atoms with Crippen LogP contribution in [-0.2, 0) is 29.1 Å². The monoisotopic (exact) mass is 406 g/mol. The van der Waals surface area contributed by atoms with Crippen LogP contribution in [-0.4, -0.2) is 42.3 Å². The van der Waals surface area contributed by atoms with Crippen molar-refractivity contribution in [3.63, 3.8) is 0 Å². The second kappa shape index (κ2) is 9.22. The van der Waals surface area contributed by atoms with Crippen molar-refractivity contribution in [3.8, 4) is 0 Å². The van der Waals surface area contributed by atoms with Crippen LogP contribution in [0, 0.1) is 0 Å². The van der Waals surface area contributed by atoms with Gasteiger partial charge in [0.1, 0.15) is 6.54 Å². The number of imide groups is 1. The first kappa shape index (κ1) is 20.3. The maximum atomic E-state index is 12.5. The van der Waals surface area contributed by atoms with Gasteiger partial charge < -0.3 is 10.2 Å². The first-order chi connectivity index (χ1) is 14.6. The Morgan fingerprint density at radius 2 is 1.67 bits per heavy atom. The van der Waals surface area contributed by atoms with Gasteiger partial charge in [-0.3, -0.25) is 19.3 Å². The molecule has 156 valence electrons. The summed E-state index contributed by atoms with van der Waals surface area (Å²) < 4.78 is 0. The van der Waals surface area contributed by atoms with Crippen molar-refractivity contribution >= 4 is 17.7 Å². The number of fused-ring (bicyclic) bond motifs is 1. The highest BCUT2D eigenvalue weighted by Gasteiger charge is 2.30. The van der Waals surface area contributed by atoms with Crippen LogP contribution in [0.1, 0.15) is 46.3 Å². The van der Waals surface area contributed by atoms with E-state index < -0.39 is 0 Å². The van der Waals surface area contributed by atoms with E-state index in [1.807, 2.05) is 6.07 Å². The molecule has 0 bridgehead atoms. The molecule has 0 unspecified atom stereocenters. The Morgan fingerprint density at radius 3 is 2.43 bits per heavy atom. The Labute approximate surface area is 176 Å². The molecular weight excluding hydrogens is 378 g/mol. The normalized spacial score (nSPS) is 16.6. The molecule has 2 aromatic carbocycles. The third-order valence-electron chi connectivity index (χ3n) is 5.98. The van der Waals surface area contributed by atoms with Gasteiger partial charge in [0.15, 0.2) is 0 Å². The summed E-state index contributed by atoms with van der Waals surface area (Å²) >= 11 is 0. The summed E-state index contributed by atoms with van der Waals surface area (Å²) in [5, 5.41) is 2.89. The first-order valence-electron chi connectivity index (χ1n) is 10.7. The second-order valence-corrected chi connectivity index (χ2v) is 8.16. The molecule has 2 aliphatic heterocycles. The van der Waals surface area contributed by atoms with Crippen molar-refractivity contribution in [2.75, 3.05) is 19.6 Å². The molecule has 6 heteroatoms. The molecule has 1 saturated heterocycles. The van der Waals surface area contributed by atoms with Gasteiger partial charge in [-0.15, -0.1) is 0 Å². The van der Waals surface area contributed by atoms with Gasteiger partial charge in [-0.05, 0) is 17.2 Å². The molecule has 6 nitrogen and oxygen atoms in total. The highest BCUT2D eigenvalue weighted by Crippen LogP contribution is 2.19. The fourth-order valence-corrected chi connectivity index (χ4v) is 4.24. The van der Waals surface area contributed by atoms with Crippen LogP contribution in [0.25, 0.3) is 0 Å². The maximum absolute atomic E-state index is 12.5. The summed E-state index contributed by atoms with van der Waals surface area (Å²) in [6.45, 7) is 4.13. The molecule has 2 heterocycles. The fraction of sp³-hybridized carbons (Fsp3) is 0.375. The lowest BCUT2D eigenvalue weighted by Gasteiger charge is -2.26. The number of hydrogen-bond donors (Lipinski definition) is 2. The molecule has 2 aliphatic rings. The van der Waals surface area contributed by atoms with Gasteiger partial charge in [-0.25, -0.2) is 0 Å². The lowest BCUT2D eigenvalue weighted by molar-refractivity contribution is -0.901. The van der Waals surface area contributed by atoms with Crippen LogP contribution in [0.3, 0.4) is 0 Å². The van der Waals surface area contributed by atoms with E-state index in [0.29, 0.717) is 12.1 Å². The molecule has 0 saturated carbocycles. The Bertz CT molecular complexity index is 933. The number of quaternary nitrogens is 1. The van der Waals surface area contributed by atoms with Crippen LogP contribution in [0.4, 0.5) is 0 Å². The van der Waals surface area contributed by atoms with E-state index in [-0.39, 0.29) is 37.1 Å². The zero-order valence-electron chi connectivity index (χ0n) is 17.2. The number of carbonyl (C=O) groups excluding carboxylic acids is 3. The predicted molar refractivity (Wildman–Crippen MR) is 113 cm³/mol. The number of hydrogen-bond acceptors (Lipinski definition) is 3. The van der Waals surface area contributed by atoms with Crippen LogP contribution in [0.5, 0.6) is 0 Å². The van der Waals surface area contributed by atoms with Gasteiger partial charge >= 0.3 is 0 Å². The van der Waals surface area contributed by atoms with Gasteiger partial charge in [0.25, 0.3) is 5.91 Å². The van der Waals surface area contributed by atoms with Crippen molar-refractivity contribution in [2.24, 2.45) is 0 Å². The van der Waals surface area contributed by atoms with E-state index in [2.05, 4.69) is 29.6 Å². The largest absolute Gasteiger partial charge is 0.352 e. The minimum atomic E-state index is -0.314. The third-order valence-corrected chi connectivity index (χ3v) is 5.98. The number of amides is 3. The van der Waals surface area contributed by atoms with Gasteiger partial charge in [-0.1, -0.05) is 42.5 Å². The molecule has 0 aromatic heterocycles. The van der Waals surface area contributed by atoms with E-state index in [9.17, 15) is 14.4 Å². The number of likely N-dealkylation sites (tertiary alicyclic amines) is 1. The third kappa shape index (κ3) is 4.76. The average Bonchev–Trinajstić information content (AvgIpc) is 3.26. The second-order valence-electron chi connectivity index (χ2n) is 8.16. The highest BCUT2D eigenvalue weighted by molar-refractivity contribution is 6.09. The molecule has 0 atom stereocenters. The number of benzene rings is 2. The Balaban J connectivity index is 1.24. The smallest absolute Gasteiger partial charge is 0.260 e. The molecule has 30 heavy (non-hydrogen) atoms. The number of rotatable bonds is 7. The molecule has 4 rings (SSSR count). The van der Waals surface area contributed by atoms with Crippen LogP contribution >= 0.6 is 0 Å². The van der Waals surface area contributed by atoms with Crippen molar-refractivity contribution in [1.29, 1.82) is 0 Å². The molecule has 3 amide bonds. The lowest BCUT2D eigenvalue weighted by Crippen LogP contribution is -3.08. The molecule has 0 spiro atoms. The molecule has 1 fully saturated rings. The fourth-order valence-electron chi connectivity index (χ4n) is 4.24. The van der Waals surface area contributed by atoms with Crippen LogP contribution in [0.15, 0.2) is 48.5 Å². The summed E-state index contributed by atoms with van der Waals surface area (Å²) in [5.41, 5.74) is 3.67. The molecule has 0 aliphatic carbocycles. The Hall–Kier alpha value is -2.99. The lowest BCUT2D eigenvalue weighted by atomic mass is 9.98. The molecule has 2 N–H and O–H groups in total. The summed E-state index contributed by atoms with van der Waals surface area (Å²) in [6, 6.07) is 15.5. The Morgan fingerprint density at radius 1 is 0.967 bits per heavy atom. The standard InChI is InChI=1S/C24H27N3O3/c28-22(11-14-27-23(29)15-20-5-1-2-6-21(20)24(27)30)25-16-18-7-9-19(10-8-18)17-26-12-3-4-13-26/h1-2,5-10H,3-4,11-17H2,(H,25,28)/p+1.